The van der Waals surface area contributed by atoms with Crippen molar-refractivity contribution in [2.24, 2.45) is 5.73 Å². The summed E-state index contributed by atoms with van der Waals surface area (Å²) in [5.74, 6) is -1.05. The van der Waals surface area contributed by atoms with Gasteiger partial charge in [-0.1, -0.05) is 12.1 Å². The average Bonchev–Trinajstić information content (AvgIpc) is 2.46. The van der Waals surface area contributed by atoms with Crippen molar-refractivity contribution in [3.63, 3.8) is 0 Å². The van der Waals surface area contributed by atoms with Gasteiger partial charge in [-0.25, -0.2) is 4.79 Å². The van der Waals surface area contributed by atoms with Gasteiger partial charge in [0.25, 0.3) is 0 Å². The topological polar surface area (TPSA) is 106 Å². The molecule has 1 unspecified atom stereocenters. The van der Waals surface area contributed by atoms with Gasteiger partial charge in [-0.05, 0) is 31.5 Å². The number of nitrogens with zero attached hydrogens (tertiary/aromatic N) is 1. The zero-order chi connectivity index (χ0) is 16.3. The van der Waals surface area contributed by atoms with Crippen molar-refractivity contribution >= 4 is 5.97 Å². The number of phenolic OH excluding ortho intramolecular Hbond substituents is 1. The van der Waals surface area contributed by atoms with E-state index in [-0.39, 0.29) is 35.1 Å². The molecular weight excluding hydrogens is 284 g/mol. The molecule has 0 radical (unpaired) electrons. The van der Waals surface area contributed by atoms with Crippen LogP contribution in [-0.4, -0.2) is 17.7 Å². The first-order valence-corrected chi connectivity index (χ1v) is 6.74. The normalized spacial score (nSPS) is 17.8. The molecule has 6 nitrogen and oxygen atoms in total. The first-order valence-electron chi connectivity index (χ1n) is 6.74. The van der Waals surface area contributed by atoms with Crippen LogP contribution in [0.1, 0.15) is 25.3 Å². The Bertz CT molecular complexity index is 713. The molecule has 22 heavy (non-hydrogen) atoms. The number of benzene rings is 1. The molecule has 2 rings (SSSR count). The van der Waals surface area contributed by atoms with E-state index in [1.165, 1.54) is 12.1 Å². The molecule has 0 amide bonds. The third-order valence-electron chi connectivity index (χ3n) is 3.30. The van der Waals surface area contributed by atoms with Crippen LogP contribution >= 0.6 is 0 Å². The number of ether oxygens (including phenoxy) is 2. The summed E-state index contributed by atoms with van der Waals surface area (Å²) in [7, 11) is 0. The predicted molar refractivity (Wildman–Crippen MR) is 78.1 cm³/mol. The smallest absolute Gasteiger partial charge is 0.338 e. The van der Waals surface area contributed by atoms with Crippen LogP contribution in [0.15, 0.2) is 47.1 Å². The third kappa shape index (κ3) is 2.74. The van der Waals surface area contributed by atoms with E-state index >= 15 is 0 Å². The van der Waals surface area contributed by atoms with Crippen molar-refractivity contribution < 1.29 is 19.4 Å². The monoisotopic (exact) mass is 300 g/mol. The summed E-state index contributed by atoms with van der Waals surface area (Å²) < 4.78 is 10.4. The van der Waals surface area contributed by atoms with Crippen molar-refractivity contribution in [3.05, 3.63) is 52.6 Å². The fraction of sp³-hybridized carbons (Fsp3) is 0.250. The maximum absolute atomic E-state index is 12.2. The lowest BCUT2D eigenvalue weighted by molar-refractivity contribution is -0.139. The second-order valence-corrected chi connectivity index (χ2v) is 4.71. The van der Waals surface area contributed by atoms with Gasteiger partial charge in [-0.15, -0.1) is 0 Å². The molecular formula is C16H16N2O4. The van der Waals surface area contributed by atoms with Gasteiger partial charge < -0.3 is 20.3 Å². The minimum Gasteiger partial charge on any atom is -0.508 e. The second kappa shape index (κ2) is 6.22. The molecule has 3 N–H and O–H groups in total. The highest BCUT2D eigenvalue weighted by atomic mass is 16.5. The van der Waals surface area contributed by atoms with E-state index in [0.29, 0.717) is 5.56 Å². The molecule has 1 aromatic rings. The average molecular weight is 300 g/mol. The number of hydrogen-bond acceptors (Lipinski definition) is 6. The number of carbonyl (C=O) groups is 1. The summed E-state index contributed by atoms with van der Waals surface area (Å²) >= 11 is 0. The molecule has 1 aliphatic heterocycles. The Balaban J connectivity index is 2.62. The van der Waals surface area contributed by atoms with Crippen LogP contribution < -0.4 is 5.73 Å². The minimum atomic E-state index is -0.732. The van der Waals surface area contributed by atoms with E-state index < -0.39 is 11.9 Å². The standard InChI is InChI=1S/C16H16N2O4/c1-3-21-16(20)13-9(2)22-15(18)12(8-17)14(13)10-5-4-6-11(19)7-10/h4-7,14,19H,3,18H2,1-2H3. The summed E-state index contributed by atoms with van der Waals surface area (Å²) in [6, 6.07) is 8.29. The molecule has 114 valence electrons. The Morgan fingerprint density at radius 2 is 2.27 bits per heavy atom. The maximum Gasteiger partial charge on any atom is 0.338 e. The number of nitrogens with two attached hydrogens (primary N) is 1. The number of aromatic hydroxyl groups is 1. The van der Waals surface area contributed by atoms with Crippen LogP contribution in [0, 0.1) is 11.3 Å². The zero-order valence-electron chi connectivity index (χ0n) is 12.3. The van der Waals surface area contributed by atoms with Crippen LogP contribution in [0.3, 0.4) is 0 Å². The Labute approximate surface area is 128 Å². The molecule has 0 spiro atoms. The lowest BCUT2D eigenvalue weighted by atomic mass is 9.83. The summed E-state index contributed by atoms with van der Waals surface area (Å²) in [6.45, 7) is 3.47. The number of carbonyl (C=O) groups excluding carboxylic acids is 1. The summed E-state index contributed by atoms with van der Waals surface area (Å²) in [6.07, 6.45) is 0. The van der Waals surface area contributed by atoms with E-state index in [1.807, 2.05) is 6.07 Å². The molecule has 0 saturated heterocycles. The fourth-order valence-electron chi connectivity index (χ4n) is 2.39. The first-order chi connectivity index (χ1) is 10.5. The first kappa shape index (κ1) is 15.4. The molecule has 1 aliphatic rings. The Hall–Kier alpha value is -2.94. The quantitative estimate of drug-likeness (QED) is 0.827. The van der Waals surface area contributed by atoms with Crippen LogP contribution in [0.5, 0.6) is 5.75 Å². The van der Waals surface area contributed by atoms with Gasteiger partial charge in [0, 0.05) is 0 Å². The van der Waals surface area contributed by atoms with Crippen molar-refractivity contribution in [3.8, 4) is 11.8 Å². The van der Waals surface area contributed by atoms with Gasteiger partial charge in [0.1, 0.15) is 23.2 Å². The van der Waals surface area contributed by atoms with Gasteiger partial charge in [0.2, 0.25) is 5.88 Å². The number of hydrogen-bond donors (Lipinski definition) is 2. The second-order valence-electron chi connectivity index (χ2n) is 4.71. The minimum absolute atomic E-state index is 0.0284. The van der Waals surface area contributed by atoms with Crippen LogP contribution in [-0.2, 0) is 14.3 Å². The SMILES string of the molecule is CCOC(=O)C1=C(C)OC(N)=C(C#N)C1c1cccc(O)c1. The fourth-order valence-corrected chi connectivity index (χ4v) is 2.39. The van der Waals surface area contributed by atoms with Crippen molar-refractivity contribution in [1.29, 1.82) is 5.26 Å². The van der Waals surface area contributed by atoms with E-state index in [2.05, 4.69) is 0 Å². The lowest BCUT2D eigenvalue weighted by Crippen LogP contribution is -2.25. The molecule has 1 aromatic carbocycles. The number of esters is 1. The number of phenols is 1. The molecule has 1 atom stereocenters. The molecule has 0 bridgehead atoms. The van der Waals surface area contributed by atoms with Gasteiger partial charge in [0.15, 0.2) is 0 Å². The highest BCUT2D eigenvalue weighted by Crippen LogP contribution is 2.40. The molecule has 0 aliphatic carbocycles. The van der Waals surface area contributed by atoms with Crippen LogP contribution in [0.25, 0.3) is 0 Å². The highest BCUT2D eigenvalue weighted by molar-refractivity contribution is 5.92. The third-order valence-corrected chi connectivity index (χ3v) is 3.30. The van der Waals surface area contributed by atoms with E-state index in [1.54, 1.807) is 26.0 Å². The highest BCUT2D eigenvalue weighted by Gasteiger charge is 2.36. The Kier molecular flexibility index (Phi) is 4.37. The maximum atomic E-state index is 12.2. The van der Waals surface area contributed by atoms with Crippen LogP contribution in [0.2, 0.25) is 0 Å². The van der Waals surface area contributed by atoms with E-state index in [9.17, 15) is 15.2 Å². The molecule has 6 heteroatoms. The summed E-state index contributed by atoms with van der Waals surface area (Å²) in [4.78, 5) is 12.2. The van der Waals surface area contributed by atoms with Gasteiger partial charge in [0.05, 0.1) is 18.1 Å². The molecule has 0 saturated carbocycles. The van der Waals surface area contributed by atoms with Gasteiger partial charge in [-0.3, -0.25) is 0 Å². The summed E-state index contributed by atoms with van der Waals surface area (Å²) in [5, 5.41) is 19.0. The Morgan fingerprint density at radius 3 is 2.86 bits per heavy atom. The van der Waals surface area contributed by atoms with Gasteiger partial charge in [-0.2, -0.15) is 5.26 Å². The lowest BCUT2D eigenvalue weighted by Gasteiger charge is -2.26. The van der Waals surface area contributed by atoms with Gasteiger partial charge >= 0.3 is 5.97 Å². The van der Waals surface area contributed by atoms with Crippen molar-refractivity contribution in [1.82, 2.24) is 0 Å². The van der Waals surface area contributed by atoms with E-state index in [4.69, 9.17) is 15.2 Å². The summed E-state index contributed by atoms with van der Waals surface area (Å²) in [5.41, 5.74) is 6.65. The largest absolute Gasteiger partial charge is 0.508 e. The molecule has 0 fully saturated rings. The Morgan fingerprint density at radius 1 is 1.55 bits per heavy atom. The molecule has 0 aromatic heterocycles. The molecule has 1 heterocycles. The van der Waals surface area contributed by atoms with Crippen molar-refractivity contribution in [2.75, 3.05) is 6.61 Å². The zero-order valence-corrected chi connectivity index (χ0v) is 12.3. The van der Waals surface area contributed by atoms with Crippen LogP contribution in [0.4, 0.5) is 0 Å². The van der Waals surface area contributed by atoms with Crippen molar-refractivity contribution in [2.45, 2.75) is 19.8 Å². The predicted octanol–water partition coefficient (Wildman–Crippen LogP) is 2.04. The number of allylic oxidation sites excluding steroid dienone is 2. The van der Waals surface area contributed by atoms with E-state index in [0.717, 1.165) is 0 Å². The number of nitriles is 1. The number of rotatable bonds is 3.